The maximum Gasteiger partial charge on any atom is 0.240 e. The summed E-state index contributed by atoms with van der Waals surface area (Å²) in [7, 11) is 0. The van der Waals surface area contributed by atoms with Gasteiger partial charge in [-0.1, -0.05) is 11.8 Å². The van der Waals surface area contributed by atoms with E-state index in [1.54, 1.807) is 12.3 Å². The number of anilines is 2. The number of amides is 2. The molecule has 11 heteroatoms. The molecule has 1 aliphatic heterocycles. The van der Waals surface area contributed by atoms with Crippen LogP contribution in [-0.4, -0.2) is 52.0 Å². The second-order valence-corrected chi connectivity index (χ2v) is 13.4. The fourth-order valence-corrected chi connectivity index (χ4v) is 6.44. The highest BCUT2D eigenvalue weighted by atomic mass is 32.1. The van der Waals surface area contributed by atoms with E-state index in [1.807, 2.05) is 6.07 Å². The number of piperidine rings is 1. The number of thiophene rings is 1. The number of aromatic nitrogens is 1. The Hall–Kier alpha value is -4.37. The maximum absolute atomic E-state index is 15.2. The average molecular weight is 645 g/mol. The Kier molecular flexibility index (Phi) is 8.79. The highest BCUT2D eigenvalue weighted by Gasteiger charge is 2.56. The third kappa shape index (κ3) is 6.75. The molecule has 0 atom stereocenters. The summed E-state index contributed by atoms with van der Waals surface area (Å²) in [5.41, 5.74) is -0.352. The molecule has 238 valence electrons. The van der Waals surface area contributed by atoms with Crippen LogP contribution >= 0.6 is 11.3 Å². The van der Waals surface area contributed by atoms with Gasteiger partial charge in [0.25, 0.3) is 0 Å². The molecule has 2 aromatic heterocycles. The molecule has 2 aliphatic rings. The van der Waals surface area contributed by atoms with Crippen LogP contribution in [0.3, 0.4) is 0 Å². The number of halogens is 2. The minimum Gasteiger partial charge on any atom is -0.453 e. The third-order valence-electron chi connectivity index (χ3n) is 8.66. The second kappa shape index (κ2) is 12.8. The van der Waals surface area contributed by atoms with E-state index in [0.29, 0.717) is 35.7 Å². The summed E-state index contributed by atoms with van der Waals surface area (Å²) in [6.07, 6.45) is 4.20. The first-order valence-corrected chi connectivity index (χ1v) is 16.0. The molecule has 1 saturated heterocycles. The van der Waals surface area contributed by atoms with Crippen LogP contribution in [0.2, 0.25) is 0 Å². The van der Waals surface area contributed by atoms with Crippen molar-refractivity contribution in [3.05, 3.63) is 77.3 Å². The van der Waals surface area contributed by atoms with Crippen LogP contribution in [-0.2, 0) is 9.59 Å². The Labute approximate surface area is 269 Å². The van der Waals surface area contributed by atoms with Crippen molar-refractivity contribution in [2.45, 2.75) is 45.1 Å². The maximum atomic E-state index is 15.2. The molecule has 4 aromatic rings. The van der Waals surface area contributed by atoms with Crippen LogP contribution in [0, 0.1) is 34.8 Å². The summed E-state index contributed by atoms with van der Waals surface area (Å²) < 4.78 is 35.1. The lowest BCUT2D eigenvalue weighted by atomic mass is 9.93. The van der Waals surface area contributed by atoms with E-state index in [4.69, 9.17) is 4.74 Å². The fourth-order valence-electron chi connectivity index (χ4n) is 5.52. The number of likely N-dealkylation sites (tertiary alicyclic amines) is 1. The zero-order valence-electron chi connectivity index (χ0n) is 25.5. The van der Waals surface area contributed by atoms with E-state index >= 15 is 4.39 Å². The van der Waals surface area contributed by atoms with Crippen molar-refractivity contribution in [3.63, 3.8) is 0 Å². The number of aliphatic hydroxyl groups is 1. The van der Waals surface area contributed by atoms with Gasteiger partial charge in [-0.25, -0.2) is 8.78 Å². The largest absolute Gasteiger partial charge is 0.453 e. The van der Waals surface area contributed by atoms with Crippen LogP contribution < -0.4 is 15.4 Å². The van der Waals surface area contributed by atoms with E-state index in [0.717, 1.165) is 41.6 Å². The first kappa shape index (κ1) is 31.6. The molecule has 2 fully saturated rings. The molecule has 1 saturated carbocycles. The Morgan fingerprint density at radius 3 is 2.35 bits per heavy atom. The lowest BCUT2D eigenvalue weighted by Crippen LogP contribution is -2.47. The van der Waals surface area contributed by atoms with Crippen LogP contribution in [0.1, 0.15) is 44.4 Å². The fraction of sp³-hybridized carbons (Fsp3) is 0.343. The van der Waals surface area contributed by atoms with E-state index < -0.39 is 28.9 Å². The molecular weight excluding hydrogens is 610 g/mol. The number of hydrogen-bond acceptors (Lipinski definition) is 7. The number of benzene rings is 2. The number of carbonyl (C=O) groups excluding carboxylic acids is 2. The number of aliphatic hydroxyl groups excluding tert-OH is 1. The molecule has 1 aliphatic carbocycles. The van der Waals surface area contributed by atoms with Gasteiger partial charge in [-0.2, -0.15) is 0 Å². The Morgan fingerprint density at radius 2 is 1.70 bits per heavy atom. The van der Waals surface area contributed by atoms with Gasteiger partial charge in [-0.05, 0) is 101 Å². The van der Waals surface area contributed by atoms with Gasteiger partial charge in [0.05, 0.1) is 20.6 Å². The molecule has 0 bridgehead atoms. The van der Waals surface area contributed by atoms with Gasteiger partial charge in [0.2, 0.25) is 11.8 Å². The van der Waals surface area contributed by atoms with E-state index in [-0.39, 0.29) is 23.6 Å². The molecule has 8 nitrogen and oxygen atoms in total. The van der Waals surface area contributed by atoms with E-state index in [1.165, 1.54) is 47.7 Å². The number of nitrogens with zero attached hydrogens (tertiary/aromatic N) is 2. The smallest absolute Gasteiger partial charge is 0.240 e. The predicted molar refractivity (Wildman–Crippen MR) is 174 cm³/mol. The van der Waals surface area contributed by atoms with E-state index in [2.05, 4.69) is 46.2 Å². The number of rotatable bonds is 8. The zero-order valence-corrected chi connectivity index (χ0v) is 26.3. The van der Waals surface area contributed by atoms with Crippen molar-refractivity contribution < 1.29 is 28.2 Å². The highest BCUT2D eigenvalue weighted by molar-refractivity contribution is 7.19. The molecule has 3 heterocycles. The first-order valence-electron chi connectivity index (χ1n) is 15.2. The number of pyridine rings is 1. The van der Waals surface area contributed by atoms with Gasteiger partial charge in [-0.3, -0.25) is 19.5 Å². The van der Waals surface area contributed by atoms with Crippen molar-refractivity contribution in [1.29, 1.82) is 0 Å². The molecule has 2 aromatic carbocycles. The van der Waals surface area contributed by atoms with Crippen molar-refractivity contribution in [1.82, 2.24) is 9.88 Å². The second-order valence-electron chi connectivity index (χ2n) is 12.3. The summed E-state index contributed by atoms with van der Waals surface area (Å²) >= 11 is 1.42. The van der Waals surface area contributed by atoms with Crippen LogP contribution in [0.4, 0.5) is 20.2 Å². The normalized spacial score (nSPS) is 16.4. The summed E-state index contributed by atoms with van der Waals surface area (Å²) in [6, 6.07) is 12.9. The molecular formula is C35H34F2N4O4S. The molecule has 2 amide bonds. The summed E-state index contributed by atoms with van der Waals surface area (Å²) in [6.45, 7) is 6.20. The van der Waals surface area contributed by atoms with Gasteiger partial charge in [0.15, 0.2) is 11.6 Å². The Balaban J connectivity index is 1.12. The molecule has 46 heavy (non-hydrogen) atoms. The van der Waals surface area contributed by atoms with Crippen LogP contribution in [0.25, 0.3) is 10.2 Å². The van der Waals surface area contributed by atoms with Crippen molar-refractivity contribution in [2.75, 3.05) is 30.3 Å². The molecule has 0 radical (unpaired) electrons. The van der Waals surface area contributed by atoms with E-state index in [9.17, 15) is 19.1 Å². The lowest BCUT2D eigenvalue weighted by Gasteiger charge is -2.39. The monoisotopic (exact) mass is 644 g/mol. The minimum atomic E-state index is -1.27. The lowest BCUT2D eigenvalue weighted by molar-refractivity contribution is -0.131. The van der Waals surface area contributed by atoms with Crippen molar-refractivity contribution in [3.8, 4) is 23.3 Å². The van der Waals surface area contributed by atoms with Crippen LogP contribution in [0.15, 0.2) is 60.8 Å². The summed E-state index contributed by atoms with van der Waals surface area (Å²) in [5, 5.41) is 14.7. The van der Waals surface area contributed by atoms with Gasteiger partial charge in [0, 0.05) is 36.3 Å². The van der Waals surface area contributed by atoms with Gasteiger partial charge in [-0.15, -0.1) is 11.3 Å². The summed E-state index contributed by atoms with van der Waals surface area (Å²) in [5.74, 6) is 5.28. The number of nitrogens with one attached hydrogen (secondary N) is 2. The van der Waals surface area contributed by atoms with Crippen molar-refractivity contribution >= 4 is 44.7 Å². The topological polar surface area (TPSA) is 104 Å². The standard InChI is InChI=1S/C35H34F2N4O4S/c1-34(2,41-17-11-22(21-42)12-18-41)13-9-26-20-28-31(46-26)30(10-16-38-28)45-29-8-7-25(19-27(29)37)40-33(44)35(14-15-35)32(43)39-24-5-3-23(36)4-6-24/h3-8,10,16,19-20,22,42H,11-12,14-15,17-18,21H2,1-2H3,(H,39,43)(H,40,44). The Morgan fingerprint density at radius 1 is 1.02 bits per heavy atom. The SMILES string of the molecule is CC(C)(C#Cc1cc2nccc(Oc3ccc(NC(=O)C4(C(=O)Nc5ccc(F)cc5)CC4)cc3F)c2s1)N1CCC(CO)CC1. The van der Waals surface area contributed by atoms with Gasteiger partial charge in [0.1, 0.15) is 17.0 Å². The van der Waals surface area contributed by atoms with Crippen molar-refractivity contribution in [2.24, 2.45) is 11.3 Å². The quantitative estimate of drug-likeness (QED) is 0.148. The molecule has 3 N–H and O–H groups in total. The molecule has 0 spiro atoms. The molecule has 6 rings (SSSR count). The zero-order chi connectivity index (χ0) is 32.5. The number of ether oxygens (including phenoxy) is 1. The number of fused-ring (bicyclic) bond motifs is 1. The molecule has 0 unspecified atom stereocenters. The first-order chi connectivity index (χ1) is 22.1. The summed E-state index contributed by atoms with van der Waals surface area (Å²) in [4.78, 5) is 33.5. The van der Waals surface area contributed by atoms with Crippen LogP contribution in [0.5, 0.6) is 11.5 Å². The third-order valence-corrected chi connectivity index (χ3v) is 9.72. The highest BCUT2D eigenvalue weighted by Crippen LogP contribution is 2.47. The minimum absolute atomic E-state index is 0.0332. The predicted octanol–water partition coefficient (Wildman–Crippen LogP) is 6.56. The Bertz CT molecular complexity index is 1830. The number of hydrogen-bond donors (Lipinski definition) is 3. The van der Waals surface area contributed by atoms with Gasteiger partial charge >= 0.3 is 0 Å². The average Bonchev–Trinajstić information content (AvgIpc) is 3.76. The number of carbonyl (C=O) groups is 2. The van der Waals surface area contributed by atoms with Gasteiger partial charge < -0.3 is 20.5 Å².